The molecule has 0 bridgehead atoms. The van der Waals surface area contributed by atoms with E-state index in [1.165, 1.54) is 11.8 Å². The molecule has 0 aliphatic carbocycles. The topological polar surface area (TPSA) is 63.6 Å². The molecular weight excluding hydrogens is 250 g/mol. The summed E-state index contributed by atoms with van der Waals surface area (Å²) in [6, 6.07) is 3.26. The second-order valence-electron chi connectivity index (χ2n) is 3.24. The van der Waals surface area contributed by atoms with Crippen molar-refractivity contribution in [3.8, 4) is 0 Å². The van der Waals surface area contributed by atoms with E-state index in [-0.39, 0.29) is 12.1 Å². The van der Waals surface area contributed by atoms with Gasteiger partial charge < -0.3 is 10.1 Å². The molecule has 0 fully saturated rings. The first-order valence-electron chi connectivity index (χ1n) is 5.27. The van der Waals surface area contributed by atoms with Crippen molar-refractivity contribution in [2.75, 3.05) is 7.11 Å². The number of aliphatic imine (C=N–C) groups is 1. The van der Waals surface area contributed by atoms with E-state index in [0.717, 1.165) is 0 Å². The number of nitrogens with zero attached hydrogens (tertiary/aromatic N) is 2. The maximum atomic E-state index is 11.9. The molecule has 1 amide bonds. The molecule has 0 radical (unpaired) electrons. The Labute approximate surface area is 110 Å². The van der Waals surface area contributed by atoms with Crippen LogP contribution in [0.25, 0.3) is 0 Å². The molecule has 96 valence electrons. The Morgan fingerprint density at radius 3 is 2.83 bits per heavy atom. The van der Waals surface area contributed by atoms with Gasteiger partial charge in [0.2, 0.25) is 0 Å². The number of carbonyl (C=O) groups excluding carboxylic acids is 1. The fourth-order valence-electron chi connectivity index (χ4n) is 1.06. The third-order valence-corrected chi connectivity index (χ3v) is 2.60. The fraction of sp³-hybridized carbons (Fsp3) is 0.250. The Hall–Kier alpha value is -1.66. The maximum absolute atomic E-state index is 11.9. The second kappa shape index (κ2) is 7.62. The number of methoxy groups -OCH3 is 1. The van der Waals surface area contributed by atoms with Gasteiger partial charge in [0, 0.05) is 25.1 Å². The summed E-state index contributed by atoms with van der Waals surface area (Å²) >= 11 is 1.23. The number of pyridine rings is 1. The normalized spacial score (nSPS) is 12.9. The van der Waals surface area contributed by atoms with Gasteiger partial charge in [0.1, 0.15) is 6.23 Å². The summed E-state index contributed by atoms with van der Waals surface area (Å²) in [5.41, 5.74) is 0.521. The lowest BCUT2D eigenvalue weighted by molar-refractivity contribution is 0.0976. The summed E-state index contributed by atoms with van der Waals surface area (Å²) in [6.45, 7) is 5.37. The first-order chi connectivity index (χ1) is 8.67. The highest BCUT2D eigenvalue weighted by molar-refractivity contribution is 8.16. The Morgan fingerprint density at radius 1 is 1.61 bits per heavy atom. The van der Waals surface area contributed by atoms with Crippen LogP contribution in [0.1, 0.15) is 17.3 Å². The Bertz CT molecular complexity index is 434. The molecule has 1 unspecified atom stereocenters. The van der Waals surface area contributed by atoms with Crippen molar-refractivity contribution in [1.29, 1.82) is 0 Å². The zero-order valence-electron chi connectivity index (χ0n) is 10.3. The van der Waals surface area contributed by atoms with E-state index in [9.17, 15) is 4.79 Å². The van der Waals surface area contributed by atoms with E-state index >= 15 is 0 Å². The average molecular weight is 265 g/mol. The first-order valence-corrected chi connectivity index (χ1v) is 6.15. The van der Waals surface area contributed by atoms with E-state index in [2.05, 4.69) is 21.9 Å². The Kier molecular flexibility index (Phi) is 6.10. The van der Waals surface area contributed by atoms with E-state index in [0.29, 0.717) is 10.7 Å². The summed E-state index contributed by atoms with van der Waals surface area (Å²) in [4.78, 5) is 19.9. The number of rotatable bonds is 4. The molecule has 1 atom stereocenters. The molecule has 1 N–H and O–H groups in total. The van der Waals surface area contributed by atoms with E-state index in [1.54, 1.807) is 44.0 Å². The number of thioether (sulfide) groups is 1. The van der Waals surface area contributed by atoms with Crippen LogP contribution in [-0.2, 0) is 4.74 Å². The summed E-state index contributed by atoms with van der Waals surface area (Å²) in [5.74, 6) is -0.242. The van der Waals surface area contributed by atoms with Crippen LogP contribution in [0.2, 0.25) is 0 Å². The van der Waals surface area contributed by atoms with E-state index in [4.69, 9.17) is 4.74 Å². The molecule has 0 aliphatic heterocycles. The number of carbonyl (C=O) groups is 1. The van der Waals surface area contributed by atoms with Gasteiger partial charge in [0.15, 0.2) is 5.17 Å². The van der Waals surface area contributed by atoms with Crippen molar-refractivity contribution in [2.45, 2.75) is 13.2 Å². The number of nitrogens with one attached hydrogen (secondary N) is 1. The SMILES string of the molecule is C=CSC(=NC(C)OC)NC(=O)c1ccncc1. The number of hydrogen-bond donors (Lipinski definition) is 1. The summed E-state index contributed by atoms with van der Waals surface area (Å²) in [7, 11) is 1.55. The number of aromatic nitrogens is 1. The minimum Gasteiger partial charge on any atom is -0.360 e. The molecular formula is C12H15N3O2S. The van der Waals surface area contributed by atoms with Crippen molar-refractivity contribution < 1.29 is 9.53 Å². The monoisotopic (exact) mass is 265 g/mol. The van der Waals surface area contributed by atoms with Gasteiger partial charge in [-0.15, -0.1) is 0 Å². The molecule has 0 spiro atoms. The molecule has 1 rings (SSSR count). The average Bonchev–Trinajstić information content (AvgIpc) is 2.39. The van der Waals surface area contributed by atoms with Crippen LogP contribution in [0.5, 0.6) is 0 Å². The quantitative estimate of drug-likeness (QED) is 0.668. The van der Waals surface area contributed by atoms with Crippen LogP contribution in [0.4, 0.5) is 0 Å². The fourth-order valence-corrected chi connectivity index (χ4v) is 1.58. The smallest absolute Gasteiger partial charge is 0.257 e. The van der Waals surface area contributed by atoms with Crippen molar-refractivity contribution >= 4 is 22.8 Å². The molecule has 0 aromatic carbocycles. The third kappa shape index (κ3) is 4.68. The molecule has 1 aromatic rings. The summed E-state index contributed by atoms with van der Waals surface area (Å²) in [5, 5.41) is 4.73. The van der Waals surface area contributed by atoms with Crippen molar-refractivity contribution in [3.05, 3.63) is 42.1 Å². The van der Waals surface area contributed by atoms with Gasteiger partial charge >= 0.3 is 0 Å². The van der Waals surface area contributed by atoms with Gasteiger partial charge in [0.05, 0.1) is 0 Å². The standard InChI is InChI=1S/C12H15N3O2S/c1-4-18-12(14-9(2)17-3)15-11(16)10-5-7-13-8-6-10/h4-9H,1H2,2-3H3,(H,14,15,16). The molecule has 5 nitrogen and oxygen atoms in total. The maximum Gasteiger partial charge on any atom is 0.257 e. The molecule has 6 heteroatoms. The van der Waals surface area contributed by atoms with E-state index < -0.39 is 0 Å². The molecule has 0 saturated heterocycles. The van der Waals surface area contributed by atoms with Crippen LogP contribution in [0.15, 0.2) is 41.5 Å². The lowest BCUT2D eigenvalue weighted by atomic mass is 10.2. The number of amides is 1. The lowest BCUT2D eigenvalue weighted by Gasteiger charge is -2.09. The van der Waals surface area contributed by atoms with Gasteiger partial charge in [-0.1, -0.05) is 18.3 Å². The van der Waals surface area contributed by atoms with Crippen LogP contribution in [-0.4, -0.2) is 29.4 Å². The largest absolute Gasteiger partial charge is 0.360 e. The Morgan fingerprint density at radius 2 is 2.28 bits per heavy atom. The lowest BCUT2D eigenvalue weighted by Crippen LogP contribution is -2.29. The third-order valence-electron chi connectivity index (χ3n) is 2.00. The van der Waals surface area contributed by atoms with Gasteiger partial charge in [-0.25, -0.2) is 4.99 Å². The highest BCUT2D eigenvalue weighted by atomic mass is 32.2. The van der Waals surface area contributed by atoms with Gasteiger partial charge in [0.25, 0.3) is 5.91 Å². The highest BCUT2D eigenvalue weighted by Crippen LogP contribution is 2.06. The highest BCUT2D eigenvalue weighted by Gasteiger charge is 2.09. The molecule has 18 heavy (non-hydrogen) atoms. The van der Waals surface area contributed by atoms with Crippen LogP contribution in [0, 0.1) is 0 Å². The Balaban J connectivity index is 2.75. The van der Waals surface area contributed by atoms with Crippen molar-refractivity contribution in [2.24, 2.45) is 4.99 Å². The van der Waals surface area contributed by atoms with Crippen LogP contribution in [0.3, 0.4) is 0 Å². The zero-order chi connectivity index (χ0) is 13.4. The van der Waals surface area contributed by atoms with Crippen molar-refractivity contribution in [1.82, 2.24) is 10.3 Å². The van der Waals surface area contributed by atoms with Gasteiger partial charge in [-0.3, -0.25) is 9.78 Å². The van der Waals surface area contributed by atoms with Crippen LogP contribution >= 0.6 is 11.8 Å². The van der Waals surface area contributed by atoms with Gasteiger partial charge in [-0.2, -0.15) is 0 Å². The second-order valence-corrected chi connectivity index (χ2v) is 4.20. The van der Waals surface area contributed by atoms with E-state index in [1.807, 2.05) is 0 Å². The minimum absolute atomic E-state index is 0.242. The zero-order valence-corrected chi connectivity index (χ0v) is 11.1. The minimum atomic E-state index is -0.329. The predicted octanol–water partition coefficient (Wildman–Crippen LogP) is 2.04. The first kappa shape index (κ1) is 14.4. The predicted molar refractivity (Wildman–Crippen MR) is 73.4 cm³/mol. The van der Waals surface area contributed by atoms with Gasteiger partial charge in [-0.05, 0) is 24.5 Å². The number of hydrogen-bond acceptors (Lipinski definition) is 5. The number of ether oxygens (including phenoxy) is 1. The number of amidine groups is 1. The molecule has 0 saturated carbocycles. The molecule has 1 heterocycles. The van der Waals surface area contributed by atoms with Crippen LogP contribution < -0.4 is 5.32 Å². The summed E-state index contributed by atoms with van der Waals surface area (Å²) in [6.07, 6.45) is 2.79. The summed E-state index contributed by atoms with van der Waals surface area (Å²) < 4.78 is 5.02. The van der Waals surface area contributed by atoms with Crippen molar-refractivity contribution in [3.63, 3.8) is 0 Å². The molecule has 0 aliphatic rings. The molecule has 1 aromatic heterocycles.